The van der Waals surface area contributed by atoms with E-state index in [-0.39, 0.29) is 42.0 Å². The van der Waals surface area contributed by atoms with Gasteiger partial charge < -0.3 is 54.3 Å². The summed E-state index contributed by atoms with van der Waals surface area (Å²) in [5, 5.41) is 0. The summed E-state index contributed by atoms with van der Waals surface area (Å²) >= 11 is 0. The van der Waals surface area contributed by atoms with Crippen LogP contribution in [0, 0.1) is 0 Å². The Labute approximate surface area is 82.0 Å². The normalized spacial score (nSPS) is 7.50. The first-order chi connectivity index (χ1) is 3.56. The fourth-order valence-electron chi connectivity index (χ4n) is 0.144. The van der Waals surface area contributed by atoms with Gasteiger partial charge in [-0.2, -0.15) is 0 Å². The van der Waals surface area contributed by atoms with Crippen LogP contribution >= 0.6 is 7.82 Å². The SMILES string of the molecule is C=CCOP(=O)([O-])[O-].[Br-].[NH4+].[NH4+].[NH4+]. The molecule has 0 rings (SSSR count). The first-order valence-electron chi connectivity index (χ1n) is 1.84. The first kappa shape index (κ1) is 29.5. The van der Waals surface area contributed by atoms with Crippen LogP contribution in [0.4, 0.5) is 0 Å². The van der Waals surface area contributed by atoms with Gasteiger partial charge in [-0.05, 0) is 0 Å². The lowest BCUT2D eigenvalue weighted by Crippen LogP contribution is -3.00. The number of hydrogen-bond donors (Lipinski definition) is 3. The summed E-state index contributed by atoms with van der Waals surface area (Å²) in [7, 11) is -4.75. The average molecular weight is 270 g/mol. The van der Waals surface area contributed by atoms with E-state index >= 15 is 0 Å². The number of quaternary nitrogens is 3. The van der Waals surface area contributed by atoms with Crippen LogP contribution in [0.15, 0.2) is 12.7 Å². The maximum absolute atomic E-state index is 9.59. The Morgan fingerprint density at radius 1 is 1.33 bits per heavy atom. The second-order valence-corrected chi connectivity index (χ2v) is 2.18. The molecule has 0 fully saturated rings. The van der Waals surface area contributed by atoms with E-state index in [9.17, 15) is 14.4 Å². The molecule has 0 saturated heterocycles. The van der Waals surface area contributed by atoms with Crippen LogP contribution in [-0.4, -0.2) is 6.61 Å². The first-order valence-corrected chi connectivity index (χ1v) is 3.30. The van der Waals surface area contributed by atoms with E-state index in [4.69, 9.17) is 0 Å². The molecule has 0 heterocycles. The molecule has 0 radical (unpaired) electrons. The minimum Gasteiger partial charge on any atom is -1.00 e. The van der Waals surface area contributed by atoms with Gasteiger partial charge >= 0.3 is 0 Å². The number of hydrogen-bond acceptors (Lipinski definition) is 4. The molecule has 12 N–H and O–H groups in total. The van der Waals surface area contributed by atoms with Crippen LogP contribution in [0.25, 0.3) is 0 Å². The Kier molecular flexibility index (Phi) is 33.9. The lowest BCUT2D eigenvalue weighted by Gasteiger charge is -2.27. The maximum Gasteiger partial charge on any atom is 0.0697 e. The van der Waals surface area contributed by atoms with Crippen molar-refractivity contribution < 1.29 is 35.9 Å². The number of phosphoric ester groups is 1. The van der Waals surface area contributed by atoms with Crippen LogP contribution in [0.3, 0.4) is 0 Å². The molecule has 0 aromatic rings. The van der Waals surface area contributed by atoms with Gasteiger partial charge in [-0.25, -0.2) is 0 Å². The van der Waals surface area contributed by atoms with Gasteiger partial charge in [0, 0.05) is 0 Å². The maximum atomic E-state index is 9.59. The van der Waals surface area contributed by atoms with Gasteiger partial charge in [-0.3, -0.25) is 0 Å². The Morgan fingerprint density at radius 3 is 1.75 bits per heavy atom. The summed E-state index contributed by atoms with van der Waals surface area (Å²) in [6.07, 6.45) is 1.18. The highest BCUT2D eigenvalue weighted by Crippen LogP contribution is 2.23. The van der Waals surface area contributed by atoms with Crippen molar-refractivity contribution in [3.63, 3.8) is 0 Å². The summed E-state index contributed by atoms with van der Waals surface area (Å²) < 4.78 is 13.3. The molecule has 0 atom stereocenters. The van der Waals surface area contributed by atoms with Crippen LogP contribution in [0.2, 0.25) is 0 Å². The molecule has 0 aliphatic carbocycles. The molecular weight excluding hydrogens is 253 g/mol. The quantitative estimate of drug-likeness (QED) is 0.368. The predicted octanol–water partition coefficient (Wildman–Crippen LogP) is -2.85. The van der Waals surface area contributed by atoms with Crippen molar-refractivity contribution in [1.82, 2.24) is 18.5 Å². The van der Waals surface area contributed by atoms with E-state index in [0.717, 1.165) is 0 Å². The zero-order chi connectivity index (χ0) is 6.62. The fraction of sp³-hybridized carbons (Fsp3) is 0.333. The molecule has 0 spiro atoms. The summed E-state index contributed by atoms with van der Waals surface area (Å²) in [6.45, 7) is 2.89. The van der Waals surface area contributed by atoms with Crippen LogP contribution < -0.4 is 45.2 Å². The molecule has 0 aliphatic rings. The third-order valence-electron chi connectivity index (χ3n) is 0.351. The Hall–Kier alpha value is 0.210. The zero-order valence-electron chi connectivity index (χ0n) is 7.45. The molecule has 0 amide bonds. The third kappa shape index (κ3) is 31.9. The van der Waals surface area contributed by atoms with E-state index in [0.29, 0.717) is 0 Å². The smallest absolute Gasteiger partial charge is 0.0697 e. The van der Waals surface area contributed by atoms with Gasteiger partial charge in [-0.15, -0.1) is 6.58 Å². The molecule has 0 aromatic carbocycles. The van der Waals surface area contributed by atoms with Crippen LogP contribution in [-0.2, 0) is 9.09 Å². The molecular formula is C3H17BrN3O4P. The Balaban J connectivity index is -0.0000000408. The van der Waals surface area contributed by atoms with Gasteiger partial charge in [0.05, 0.1) is 14.4 Å². The van der Waals surface area contributed by atoms with Gasteiger partial charge in [0.15, 0.2) is 0 Å². The third-order valence-corrected chi connectivity index (χ3v) is 0.816. The topological polar surface area (TPSA) is 182 Å². The average Bonchev–Trinajstić information content (AvgIpc) is 1.59. The molecule has 7 nitrogen and oxygen atoms in total. The van der Waals surface area contributed by atoms with Gasteiger partial charge in [0.1, 0.15) is 0 Å². The standard InChI is InChI=1S/C3H7O4P.BrH.3H3N/c1-2-3-7-8(4,5)6;;;;/h2H,1,3H2,(H2,4,5,6);1H;3*1H3. The van der Waals surface area contributed by atoms with Crippen molar-refractivity contribution in [3.05, 3.63) is 12.7 Å². The monoisotopic (exact) mass is 269 g/mol. The van der Waals surface area contributed by atoms with E-state index < -0.39 is 7.82 Å². The molecule has 0 unspecified atom stereocenters. The number of rotatable bonds is 3. The summed E-state index contributed by atoms with van der Waals surface area (Å²) in [5.41, 5.74) is 0. The summed E-state index contributed by atoms with van der Waals surface area (Å²) in [6, 6.07) is 0. The molecule has 80 valence electrons. The van der Waals surface area contributed by atoms with Crippen molar-refractivity contribution in [2.45, 2.75) is 0 Å². The predicted molar refractivity (Wildman–Crippen MR) is 41.7 cm³/mol. The van der Waals surface area contributed by atoms with E-state index in [1.54, 1.807) is 0 Å². The highest BCUT2D eigenvalue weighted by molar-refractivity contribution is 7.43. The van der Waals surface area contributed by atoms with Crippen molar-refractivity contribution in [1.29, 1.82) is 0 Å². The summed E-state index contributed by atoms with van der Waals surface area (Å²) in [4.78, 5) is 19.2. The summed E-state index contributed by atoms with van der Waals surface area (Å²) in [5.74, 6) is 0. The molecule has 0 bridgehead atoms. The second-order valence-electron chi connectivity index (χ2n) is 1.03. The lowest BCUT2D eigenvalue weighted by atomic mass is 10.7. The highest BCUT2D eigenvalue weighted by atomic mass is 79.9. The Morgan fingerprint density at radius 2 is 1.67 bits per heavy atom. The lowest BCUT2D eigenvalue weighted by molar-refractivity contribution is -0.340. The van der Waals surface area contributed by atoms with Crippen molar-refractivity contribution in [2.75, 3.05) is 6.61 Å². The zero-order valence-corrected chi connectivity index (χ0v) is 9.93. The van der Waals surface area contributed by atoms with E-state index in [1.165, 1.54) is 6.08 Å². The van der Waals surface area contributed by atoms with Gasteiger partial charge in [0.25, 0.3) is 0 Å². The molecule has 9 heteroatoms. The minimum atomic E-state index is -4.75. The molecule has 0 aromatic heterocycles. The number of halogens is 1. The van der Waals surface area contributed by atoms with E-state index in [1.807, 2.05) is 0 Å². The van der Waals surface area contributed by atoms with Crippen LogP contribution in [0.5, 0.6) is 0 Å². The van der Waals surface area contributed by atoms with Gasteiger partial charge in [0.2, 0.25) is 0 Å². The van der Waals surface area contributed by atoms with Crippen molar-refractivity contribution in [3.8, 4) is 0 Å². The largest absolute Gasteiger partial charge is 1.00 e. The Bertz CT molecular complexity index is 129. The molecule has 0 saturated carbocycles. The van der Waals surface area contributed by atoms with Crippen molar-refractivity contribution >= 4 is 7.82 Å². The molecule has 12 heavy (non-hydrogen) atoms. The fourth-order valence-corrected chi connectivity index (χ4v) is 0.432. The van der Waals surface area contributed by atoms with E-state index in [2.05, 4.69) is 11.1 Å². The van der Waals surface area contributed by atoms with Gasteiger partial charge in [-0.1, -0.05) is 6.08 Å². The minimum absolute atomic E-state index is 0. The number of phosphoric acid groups is 1. The molecule has 0 aliphatic heterocycles. The highest BCUT2D eigenvalue weighted by Gasteiger charge is 1.83. The second kappa shape index (κ2) is 13.8. The van der Waals surface area contributed by atoms with Crippen molar-refractivity contribution in [2.24, 2.45) is 0 Å². The van der Waals surface area contributed by atoms with Crippen LogP contribution in [0.1, 0.15) is 0 Å².